The number of carbonyl (C=O) groups excluding carboxylic acids is 1. The monoisotopic (exact) mass is 495 g/mol. The summed E-state index contributed by atoms with van der Waals surface area (Å²) in [5.74, 6) is 1.78. The minimum Gasteiger partial charge on any atom is -0.493 e. The Kier molecular flexibility index (Phi) is 6.58. The molecule has 1 amide bonds. The Hall–Kier alpha value is -5.05. The van der Waals surface area contributed by atoms with E-state index >= 15 is 0 Å². The Morgan fingerprint density at radius 2 is 1.62 bits per heavy atom. The quantitative estimate of drug-likeness (QED) is 0.296. The number of hydrogen-bond acceptors (Lipinski definition) is 7. The molecule has 3 aromatic carbocycles. The second kappa shape index (κ2) is 10.3. The first kappa shape index (κ1) is 23.7. The highest BCUT2D eigenvalue weighted by Gasteiger charge is 2.15. The van der Waals surface area contributed by atoms with Gasteiger partial charge in [-0.25, -0.2) is 9.67 Å². The summed E-state index contributed by atoms with van der Waals surface area (Å²) in [6, 6.07) is 22.4. The number of ether oxygens (including phenoxy) is 3. The van der Waals surface area contributed by atoms with E-state index in [-0.39, 0.29) is 5.91 Å². The van der Waals surface area contributed by atoms with E-state index in [1.54, 1.807) is 41.2 Å². The number of nitrogens with zero attached hydrogens (tertiary/aromatic N) is 3. The molecule has 186 valence electrons. The number of pyridine rings is 1. The molecule has 0 saturated carbocycles. The summed E-state index contributed by atoms with van der Waals surface area (Å²) >= 11 is 0. The molecule has 37 heavy (non-hydrogen) atoms. The lowest BCUT2D eigenvalue weighted by molar-refractivity contribution is 0.102. The number of anilines is 3. The van der Waals surface area contributed by atoms with Crippen LogP contribution in [0.4, 0.5) is 17.2 Å². The number of nitrogens with one attached hydrogen (secondary N) is 2. The largest absolute Gasteiger partial charge is 0.493 e. The summed E-state index contributed by atoms with van der Waals surface area (Å²) < 4.78 is 17.8. The van der Waals surface area contributed by atoms with Gasteiger partial charge in [0.1, 0.15) is 5.82 Å². The summed E-state index contributed by atoms with van der Waals surface area (Å²) in [7, 11) is 4.57. The minimum atomic E-state index is -0.290. The molecule has 0 saturated heterocycles. The highest BCUT2D eigenvalue weighted by Crippen LogP contribution is 2.40. The zero-order valence-electron chi connectivity index (χ0n) is 20.6. The Morgan fingerprint density at radius 3 is 2.38 bits per heavy atom. The molecule has 2 aromatic heterocycles. The van der Waals surface area contributed by atoms with Crippen LogP contribution in [-0.2, 0) is 0 Å². The summed E-state index contributed by atoms with van der Waals surface area (Å²) in [5, 5.41) is 11.7. The highest BCUT2D eigenvalue weighted by molar-refractivity contribution is 6.05. The van der Waals surface area contributed by atoms with Crippen molar-refractivity contribution in [2.45, 2.75) is 0 Å². The van der Waals surface area contributed by atoms with Crippen LogP contribution < -0.4 is 24.8 Å². The van der Waals surface area contributed by atoms with Gasteiger partial charge in [-0.15, -0.1) is 0 Å². The van der Waals surface area contributed by atoms with Gasteiger partial charge in [0.05, 0.1) is 50.6 Å². The van der Waals surface area contributed by atoms with Crippen molar-refractivity contribution < 1.29 is 19.0 Å². The van der Waals surface area contributed by atoms with Gasteiger partial charge in [-0.05, 0) is 36.4 Å². The first-order valence-corrected chi connectivity index (χ1v) is 11.5. The molecule has 0 spiro atoms. The van der Waals surface area contributed by atoms with Crippen molar-refractivity contribution in [2.24, 2.45) is 0 Å². The van der Waals surface area contributed by atoms with Crippen LogP contribution in [0.25, 0.3) is 16.6 Å². The van der Waals surface area contributed by atoms with Crippen LogP contribution in [0.2, 0.25) is 0 Å². The lowest BCUT2D eigenvalue weighted by atomic mass is 10.1. The molecule has 2 heterocycles. The van der Waals surface area contributed by atoms with Crippen molar-refractivity contribution in [2.75, 3.05) is 32.0 Å². The first-order chi connectivity index (χ1) is 18.1. The van der Waals surface area contributed by atoms with E-state index in [0.717, 1.165) is 28.1 Å². The number of hydrogen-bond donors (Lipinski definition) is 2. The van der Waals surface area contributed by atoms with Gasteiger partial charge in [0.15, 0.2) is 11.5 Å². The van der Waals surface area contributed by atoms with Crippen LogP contribution in [0.1, 0.15) is 10.4 Å². The highest BCUT2D eigenvalue weighted by atomic mass is 16.5. The number of benzene rings is 3. The second-order valence-corrected chi connectivity index (χ2v) is 8.11. The maximum atomic E-state index is 13.0. The third-order valence-electron chi connectivity index (χ3n) is 5.75. The van der Waals surface area contributed by atoms with Crippen molar-refractivity contribution in [1.82, 2.24) is 14.8 Å². The summed E-state index contributed by atoms with van der Waals surface area (Å²) in [5.41, 5.74) is 3.39. The first-order valence-electron chi connectivity index (χ1n) is 11.5. The average Bonchev–Trinajstić information content (AvgIpc) is 3.41. The van der Waals surface area contributed by atoms with Crippen molar-refractivity contribution in [1.29, 1.82) is 0 Å². The normalized spacial score (nSPS) is 10.7. The number of carbonyl (C=O) groups is 1. The second-order valence-electron chi connectivity index (χ2n) is 8.11. The number of fused-ring (bicyclic) bond motifs is 1. The fourth-order valence-corrected chi connectivity index (χ4v) is 3.96. The van der Waals surface area contributed by atoms with Gasteiger partial charge >= 0.3 is 0 Å². The molecule has 9 nitrogen and oxygen atoms in total. The van der Waals surface area contributed by atoms with Gasteiger partial charge in [-0.1, -0.05) is 24.3 Å². The van der Waals surface area contributed by atoms with Crippen LogP contribution in [-0.4, -0.2) is 42.0 Å². The molecule has 2 N–H and O–H groups in total. The van der Waals surface area contributed by atoms with Crippen LogP contribution in [0.15, 0.2) is 85.2 Å². The van der Waals surface area contributed by atoms with Crippen LogP contribution >= 0.6 is 0 Å². The molecule has 0 aliphatic rings. The average molecular weight is 496 g/mol. The molecule has 0 aliphatic carbocycles. The third kappa shape index (κ3) is 5.01. The number of aromatic nitrogens is 3. The standard InChI is InChI=1S/C28H25N5O4/c1-35-24-14-20(15-25(36-2)27(24)37-3)31-28(34)19-8-6-9-22(13-19)33-17-21(16-29-33)30-26-12-11-18-7-4-5-10-23(18)32-26/h4-17H,1-3H3,(H,30,32)(H,31,34). The minimum absolute atomic E-state index is 0.290. The van der Waals surface area contributed by atoms with E-state index in [1.165, 1.54) is 21.3 Å². The molecule has 9 heteroatoms. The molecule has 0 radical (unpaired) electrons. The Morgan fingerprint density at radius 1 is 0.838 bits per heavy atom. The number of methoxy groups -OCH3 is 3. The van der Waals surface area contributed by atoms with Gasteiger partial charge < -0.3 is 24.8 Å². The maximum absolute atomic E-state index is 13.0. The van der Waals surface area contributed by atoms with E-state index < -0.39 is 0 Å². The third-order valence-corrected chi connectivity index (χ3v) is 5.75. The Labute approximate surface area is 213 Å². The van der Waals surface area contributed by atoms with E-state index in [1.807, 2.05) is 48.7 Å². The van der Waals surface area contributed by atoms with E-state index in [4.69, 9.17) is 14.2 Å². The summed E-state index contributed by atoms with van der Waals surface area (Å²) in [4.78, 5) is 17.7. The lowest BCUT2D eigenvalue weighted by Crippen LogP contribution is -2.13. The fraction of sp³-hybridized carbons (Fsp3) is 0.107. The zero-order chi connectivity index (χ0) is 25.8. The SMILES string of the molecule is COc1cc(NC(=O)c2cccc(-n3cc(Nc4ccc5ccccc5n4)cn3)c2)cc(OC)c1OC. The number of para-hydroxylation sites is 1. The van der Waals surface area contributed by atoms with Crippen molar-refractivity contribution in [3.63, 3.8) is 0 Å². The van der Waals surface area contributed by atoms with Gasteiger partial charge in [-0.2, -0.15) is 5.10 Å². The van der Waals surface area contributed by atoms with Crippen molar-refractivity contribution in [3.8, 4) is 22.9 Å². The molecule has 0 fully saturated rings. The molecule has 0 atom stereocenters. The van der Waals surface area contributed by atoms with Crippen LogP contribution in [0.3, 0.4) is 0 Å². The zero-order valence-corrected chi connectivity index (χ0v) is 20.6. The lowest BCUT2D eigenvalue weighted by Gasteiger charge is -2.14. The maximum Gasteiger partial charge on any atom is 0.255 e. The summed E-state index contributed by atoms with van der Waals surface area (Å²) in [6.45, 7) is 0. The van der Waals surface area contributed by atoms with Gasteiger partial charge in [0, 0.05) is 28.8 Å². The van der Waals surface area contributed by atoms with E-state index in [2.05, 4.69) is 20.7 Å². The molecule has 0 bridgehead atoms. The predicted octanol–water partition coefficient (Wildman–Crippen LogP) is 5.44. The molecule has 0 aliphatic heterocycles. The fourth-order valence-electron chi connectivity index (χ4n) is 3.96. The predicted molar refractivity (Wildman–Crippen MR) is 143 cm³/mol. The van der Waals surface area contributed by atoms with Crippen molar-refractivity contribution in [3.05, 3.63) is 90.8 Å². The molecule has 5 aromatic rings. The van der Waals surface area contributed by atoms with E-state index in [9.17, 15) is 4.79 Å². The van der Waals surface area contributed by atoms with Gasteiger partial charge in [-0.3, -0.25) is 4.79 Å². The Balaban J connectivity index is 1.33. The van der Waals surface area contributed by atoms with Gasteiger partial charge in [0.25, 0.3) is 5.91 Å². The van der Waals surface area contributed by atoms with Crippen LogP contribution in [0, 0.1) is 0 Å². The molecule has 5 rings (SSSR count). The van der Waals surface area contributed by atoms with E-state index in [0.29, 0.717) is 28.5 Å². The Bertz CT molecular complexity index is 1560. The van der Waals surface area contributed by atoms with Gasteiger partial charge in [0.2, 0.25) is 5.75 Å². The molecule has 0 unspecified atom stereocenters. The number of amides is 1. The van der Waals surface area contributed by atoms with Crippen LogP contribution in [0.5, 0.6) is 17.2 Å². The molecular weight excluding hydrogens is 470 g/mol. The topological polar surface area (TPSA) is 99.5 Å². The van der Waals surface area contributed by atoms with Crippen molar-refractivity contribution >= 4 is 34.0 Å². The molecular formula is C28H25N5O4. The number of rotatable bonds is 8. The summed E-state index contributed by atoms with van der Waals surface area (Å²) in [6.07, 6.45) is 3.55. The smallest absolute Gasteiger partial charge is 0.255 e.